The van der Waals surface area contributed by atoms with Crippen LogP contribution in [0.5, 0.6) is 0 Å². The summed E-state index contributed by atoms with van der Waals surface area (Å²) < 4.78 is 13.1. The second-order valence-corrected chi connectivity index (χ2v) is 4.78. The number of nitrogens with one attached hydrogen (secondary N) is 1. The number of aryl methyl sites for hydroxylation is 1. The van der Waals surface area contributed by atoms with Crippen LogP contribution in [0.25, 0.3) is 0 Å². The number of aromatic amines is 1. The molecule has 0 spiro atoms. The van der Waals surface area contributed by atoms with Crippen LogP contribution in [0.15, 0.2) is 21.7 Å². The van der Waals surface area contributed by atoms with Crippen molar-refractivity contribution in [2.75, 3.05) is 6.61 Å². The Bertz CT molecular complexity index is 649. The van der Waals surface area contributed by atoms with E-state index in [9.17, 15) is 0 Å². The first kappa shape index (κ1) is 12.3. The van der Waals surface area contributed by atoms with Gasteiger partial charge in [0.1, 0.15) is 17.6 Å². The van der Waals surface area contributed by atoms with E-state index >= 15 is 0 Å². The van der Waals surface area contributed by atoms with E-state index in [1.54, 1.807) is 10.9 Å². The SMILES string of the molecule is Cc1ccc(/C=N\n2c([C@H]3CCCO3)n[nH]c2=S)o1. The fraction of sp³-hybridized carbons (Fsp3) is 0.417. The van der Waals surface area contributed by atoms with Crippen LogP contribution < -0.4 is 0 Å². The van der Waals surface area contributed by atoms with E-state index < -0.39 is 0 Å². The molecule has 1 atom stereocenters. The first-order valence-electron chi connectivity index (χ1n) is 6.14. The first-order valence-corrected chi connectivity index (χ1v) is 6.54. The van der Waals surface area contributed by atoms with Crippen LogP contribution in [0.2, 0.25) is 0 Å². The fourth-order valence-corrected chi connectivity index (χ4v) is 2.23. The highest BCUT2D eigenvalue weighted by Crippen LogP contribution is 2.26. The number of nitrogens with zero attached hydrogens (tertiary/aromatic N) is 3. The maximum Gasteiger partial charge on any atom is 0.216 e. The van der Waals surface area contributed by atoms with Crippen molar-refractivity contribution in [2.24, 2.45) is 5.10 Å². The van der Waals surface area contributed by atoms with Crippen molar-refractivity contribution in [1.82, 2.24) is 14.9 Å². The van der Waals surface area contributed by atoms with Gasteiger partial charge in [0.25, 0.3) is 0 Å². The van der Waals surface area contributed by atoms with Crippen LogP contribution in [-0.4, -0.2) is 27.7 Å². The van der Waals surface area contributed by atoms with E-state index in [1.165, 1.54) is 0 Å². The molecule has 0 aliphatic carbocycles. The van der Waals surface area contributed by atoms with Gasteiger partial charge in [-0.25, -0.2) is 0 Å². The molecule has 1 aliphatic rings. The number of furan rings is 1. The van der Waals surface area contributed by atoms with Crippen molar-refractivity contribution in [2.45, 2.75) is 25.9 Å². The van der Waals surface area contributed by atoms with Gasteiger partial charge in [0.15, 0.2) is 5.82 Å². The molecule has 19 heavy (non-hydrogen) atoms. The third-order valence-electron chi connectivity index (χ3n) is 2.95. The molecule has 0 saturated carbocycles. The van der Waals surface area contributed by atoms with Gasteiger partial charge in [-0.05, 0) is 44.1 Å². The fourth-order valence-electron chi connectivity index (χ4n) is 2.04. The van der Waals surface area contributed by atoms with Crippen molar-refractivity contribution in [3.05, 3.63) is 34.2 Å². The van der Waals surface area contributed by atoms with Crippen molar-refractivity contribution < 1.29 is 9.15 Å². The molecule has 3 heterocycles. The van der Waals surface area contributed by atoms with Crippen molar-refractivity contribution in [3.63, 3.8) is 0 Å². The van der Waals surface area contributed by atoms with Gasteiger partial charge in [0, 0.05) is 6.61 Å². The molecule has 0 amide bonds. The van der Waals surface area contributed by atoms with Crippen molar-refractivity contribution in [3.8, 4) is 0 Å². The molecular weight excluding hydrogens is 264 g/mol. The normalized spacial score (nSPS) is 19.5. The third kappa shape index (κ3) is 2.52. The maximum atomic E-state index is 5.60. The highest BCUT2D eigenvalue weighted by atomic mass is 32.1. The molecule has 7 heteroatoms. The van der Waals surface area contributed by atoms with Crippen LogP contribution in [0.4, 0.5) is 0 Å². The quantitative estimate of drug-likeness (QED) is 0.692. The maximum absolute atomic E-state index is 5.60. The molecule has 0 bridgehead atoms. The smallest absolute Gasteiger partial charge is 0.216 e. The van der Waals surface area contributed by atoms with Crippen LogP contribution in [0.3, 0.4) is 0 Å². The number of ether oxygens (including phenoxy) is 1. The third-order valence-corrected chi connectivity index (χ3v) is 3.22. The molecule has 2 aromatic heterocycles. The summed E-state index contributed by atoms with van der Waals surface area (Å²) in [5.41, 5.74) is 0. The Morgan fingerprint density at radius 3 is 3.16 bits per heavy atom. The van der Waals surface area contributed by atoms with Gasteiger partial charge in [-0.1, -0.05) is 0 Å². The second-order valence-electron chi connectivity index (χ2n) is 4.39. The molecule has 3 rings (SSSR count). The number of hydrogen-bond acceptors (Lipinski definition) is 5. The summed E-state index contributed by atoms with van der Waals surface area (Å²) in [5, 5.41) is 11.3. The van der Waals surface area contributed by atoms with Gasteiger partial charge in [0.2, 0.25) is 4.77 Å². The molecule has 6 nitrogen and oxygen atoms in total. The molecule has 100 valence electrons. The molecule has 1 fully saturated rings. The average molecular weight is 278 g/mol. The minimum absolute atomic E-state index is 0.0385. The summed E-state index contributed by atoms with van der Waals surface area (Å²) in [5.74, 6) is 2.23. The van der Waals surface area contributed by atoms with Gasteiger partial charge in [-0.3, -0.25) is 5.10 Å². The largest absolute Gasteiger partial charge is 0.460 e. The van der Waals surface area contributed by atoms with Crippen LogP contribution >= 0.6 is 12.2 Å². The number of hydrogen-bond donors (Lipinski definition) is 1. The molecule has 1 aliphatic heterocycles. The summed E-state index contributed by atoms with van der Waals surface area (Å²) in [6, 6.07) is 3.74. The lowest BCUT2D eigenvalue weighted by atomic mass is 10.2. The Labute approximate surface area is 115 Å². The number of H-pyrrole nitrogens is 1. The molecule has 1 saturated heterocycles. The molecule has 0 aromatic carbocycles. The van der Waals surface area contributed by atoms with E-state index in [0.29, 0.717) is 16.4 Å². The Balaban J connectivity index is 1.89. The summed E-state index contributed by atoms with van der Waals surface area (Å²) >= 11 is 5.17. The predicted molar refractivity (Wildman–Crippen MR) is 71.8 cm³/mol. The zero-order valence-corrected chi connectivity index (χ0v) is 11.3. The molecule has 0 radical (unpaired) electrons. The standard InChI is InChI=1S/C12H14N4O2S/c1-8-4-5-9(18-8)7-13-16-11(14-15-12(16)19)10-3-2-6-17-10/h4-5,7,10H,2-3,6H2,1H3,(H,15,19)/b13-7-/t10-/m1/s1. The van der Waals surface area contributed by atoms with E-state index in [1.807, 2.05) is 19.1 Å². The van der Waals surface area contributed by atoms with E-state index in [2.05, 4.69) is 15.3 Å². The summed E-state index contributed by atoms with van der Waals surface area (Å²) in [6.07, 6.45) is 3.56. The number of rotatable bonds is 3. The highest BCUT2D eigenvalue weighted by molar-refractivity contribution is 7.71. The van der Waals surface area contributed by atoms with Crippen molar-refractivity contribution >= 4 is 18.4 Å². The minimum Gasteiger partial charge on any atom is -0.460 e. The van der Waals surface area contributed by atoms with Gasteiger partial charge < -0.3 is 9.15 Å². The first-order chi connectivity index (χ1) is 9.24. The van der Waals surface area contributed by atoms with Crippen LogP contribution in [0, 0.1) is 11.7 Å². The van der Waals surface area contributed by atoms with E-state index in [-0.39, 0.29) is 6.10 Å². The van der Waals surface area contributed by atoms with E-state index in [0.717, 1.165) is 25.2 Å². The Morgan fingerprint density at radius 1 is 1.58 bits per heavy atom. The predicted octanol–water partition coefficient (Wildman–Crippen LogP) is 2.58. The molecule has 2 aromatic rings. The molecular formula is C12H14N4O2S. The van der Waals surface area contributed by atoms with Gasteiger partial charge >= 0.3 is 0 Å². The molecule has 1 N–H and O–H groups in total. The van der Waals surface area contributed by atoms with Crippen LogP contribution in [-0.2, 0) is 4.74 Å². The lowest BCUT2D eigenvalue weighted by Crippen LogP contribution is -2.05. The lowest BCUT2D eigenvalue weighted by molar-refractivity contribution is 0.102. The summed E-state index contributed by atoms with van der Waals surface area (Å²) in [7, 11) is 0. The van der Waals surface area contributed by atoms with Crippen LogP contribution in [0.1, 0.15) is 36.3 Å². The Hall–Kier alpha value is -1.73. The van der Waals surface area contributed by atoms with E-state index in [4.69, 9.17) is 21.4 Å². The minimum atomic E-state index is -0.0385. The zero-order chi connectivity index (χ0) is 13.2. The Morgan fingerprint density at radius 2 is 2.47 bits per heavy atom. The topological polar surface area (TPSA) is 68.3 Å². The van der Waals surface area contributed by atoms with Gasteiger partial charge in [0.05, 0.1) is 6.21 Å². The van der Waals surface area contributed by atoms with Crippen molar-refractivity contribution in [1.29, 1.82) is 0 Å². The Kier molecular flexibility index (Phi) is 3.31. The summed E-state index contributed by atoms with van der Waals surface area (Å²) in [6.45, 7) is 2.64. The van der Waals surface area contributed by atoms with Gasteiger partial charge in [-0.15, -0.1) is 0 Å². The number of aromatic nitrogens is 3. The monoisotopic (exact) mass is 278 g/mol. The summed E-state index contributed by atoms with van der Waals surface area (Å²) in [4.78, 5) is 0. The van der Waals surface area contributed by atoms with Gasteiger partial charge in [-0.2, -0.15) is 14.9 Å². The lowest BCUT2D eigenvalue weighted by Gasteiger charge is -2.06. The zero-order valence-electron chi connectivity index (χ0n) is 10.5. The highest BCUT2D eigenvalue weighted by Gasteiger charge is 2.23. The second kappa shape index (κ2) is 5.10. The molecule has 0 unspecified atom stereocenters. The average Bonchev–Trinajstić information content (AvgIpc) is 3.08.